The Morgan fingerprint density at radius 3 is 2.95 bits per heavy atom. The number of methoxy groups -OCH3 is 1. The van der Waals surface area contributed by atoms with Crippen LogP contribution in [-0.2, 0) is 11.3 Å². The van der Waals surface area contributed by atoms with Gasteiger partial charge < -0.3 is 14.6 Å². The van der Waals surface area contributed by atoms with Crippen molar-refractivity contribution in [2.45, 2.75) is 33.2 Å². The maximum Gasteiger partial charge on any atom is 0.154 e. The van der Waals surface area contributed by atoms with Crippen molar-refractivity contribution in [1.29, 1.82) is 0 Å². The van der Waals surface area contributed by atoms with Crippen molar-refractivity contribution in [2.24, 2.45) is 0 Å². The molecule has 0 fully saturated rings. The molecule has 2 aromatic heterocycles. The molecular weight excluding hydrogens is 240 g/mol. The number of anilines is 1. The van der Waals surface area contributed by atoms with Crippen molar-refractivity contribution in [3.05, 3.63) is 18.1 Å². The molecule has 2 aromatic rings. The molecule has 0 atom stereocenters. The first-order chi connectivity index (χ1) is 9.26. The van der Waals surface area contributed by atoms with Crippen LogP contribution >= 0.6 is 0 Å². The minimum atomic E-state index is 0.687. The van der Waals surface area contributed by atoms with Crippen LogP contribution in [0.25, 0.3) is 11.0 Å². The van der Waals surface area contributed by atoms with Gasteiger partial charge in [-0.25, -0.2) is 9.97 Å². The van der Waals surface area contributed by atoms with Gasteiger partial charge in [0.05, 0.1) is 12.1 Å². The molecule has 0 aliphatic rings. The first-order valence-corrected chi connectivity index (χ1v) is 6.82. The highest BCUT2D eigenvalue weighted by atomic mass is 16.5. The summed E-state index contributed by atoms with van der Waals surface area (Å²) in [4.78, 5) is 9.01. The van der Waals surface area contributed by atoms with Crippen molar-refractivity contribution >= 4 is 16.9 Å². The highest BCUT2D eigenvalue weighted by molar-refractivity contribution is 5.86. The van der Waals surface area contributed by atoms with Crippen LogP contribution in [0.1, 0.15) is 25.6 Å². The van der Waals surface area contributed by atoms with Gasteiger partial charge in [-0.2, -0.15) is 0 Å². The Labute approximate surface area is 114 Å². The van der Waals surface area contributed by atoms with Crippen LogP contribution in [0, 0.1) is 6.92 Å². The Balaban J connectivity index is 2.32. The van der Waals surface area contributed by atoms with Gasteiger partial charge in [0.1, 0.15) is 11.3 Å². The fourth-order valence-electron chi connectivity index (χ4n) is 2.11. The molecule has 1 N–H and O–H groups in total. The van der Waals surface area contributed by atoms with Crippen LogP contribution in [-0.4, -0.2) is 34.8 Å². The van der Waals surface area contributed by atoms with Gasteiger partial charge in [-0.15, -0.1) is 0 Å². The van der Waals surface area contributed by atoms with Crippen molar-refractivity contribution in [3.8, 4) is 0 Å². The number of nitrogens with one attached hydrogen (secondary N) is 1. The summed E-state index contributed by atoms with van der Waals surface area (Å²) in [6, 6.07) is 2.03. The maximum atomic E-state index is 5.14. The number of rotatable bonds is 7. The summed E-state index contributed by atoms with van der Waals surface area (Å²) in [6.07, 6.45) is 4.36. The van der Waals surface area contributed by atoms with Crippen LogP contribution < -0.4 is 5.32 Å². The lowest BCUT2D eigenvalue weighted by Crippen LogP contribution is -2.09. The van der Waals surface area contributed by atoms with Crippen LogP contribution in [0.4, 0.5) is 5.82 Å². The molecular formula is C14H22N4O. The SMILES string of the molecule is CCCCNc1nc(C)nc2ccn(CCOC)c12. The Morgan fingerprint density at radius 2 is 2.21 bits per heavy atom. The molecule has 104 valence electrons. The molecule has 2 heterocycles. The van der Waals surface area contributed by atoms with Crippen molar-refractivity contribution < 1.29 is 4.74 Å². The second-order valence-corrected chi connectivity index (χ2v) is 4.64. The van der Waals surface area contributed by atoms with Gasteiger partial charge in [0, 0.05) is 26.4 Å². The van der Waals surface area contributed by atoms with E-state index < -0.39 is 0 Å². The number of aryl methyl sites for hydroxylation is 1. The van der Waals surface area contributed by atoms with Crippen LogP contribution in [0.15, 0.2) is 12.3 Å². The molecule has 0 spiro atoms. The molecule has 0 radical (unpaired) electrons. The van der Waals surface area contributed by atoms with Crippen molar-refractivity contribution in [3.63, 3.8) is 0 Å². The number of aromatic nitrogens is 3. The lowest BCUT2D eigenvalue weighted by atomic mass is 10.3. The first-order valence-electron chi connectivity index (χ1n) is 6.82. The zero-order valence-corrected chi connectivity index (χ0v) is 11.9. The predicted octanol–water partition coefficient (Wildman–Crippen LogP) is 2.60. The average molecular weight is 262 g/mol. The summed E-state index contributed by atoms with van der Waals surface area (Å²) in [6.45, 7) is 6.55. The molecule has 0 unspecified atom stereocenters. The van der Waals surface area contributed by atoms with E-state index in [1.165, 1.54) is 6.42 Å². The summed E-state index contributed by atoms with van der Waals surface area (Å²) in [7, 11) is 1.72. The van der Waals surface area contributed by atoms with Gasteiger partial charge in [-0.1, -0.05) is 13.3 Å². The average Bonchev–Trinajstić information content (AvgIpc) is 2.79. The molecule has 0 bridgehead atoms. The van der Waals surface area contributed by atoms with E-state index in [1.54, 1.807) is 7.11 Å². The fraction of sp³-hybridized carbons (Fsp3) is 0.571. The third kappa shape index (κ3) is 3.23. The molecule has 19 heavy (non-hydrogen) atoms. The summed E-state index contributed by atoms with van der Waals surface area (Å²) < 4.78 is 7.29. The fourth-order valence-corrected chi connectivity index (χ4v) is 2.11. The summed E-state index contributed by atoms with van der Waals surface area (Å²) in [5.74, 6) is 1.73. The maximum absolute atomic E-state index is 5.14. The standard InChI is InChI=1S/C14H22N4O/c1-4-5-7-15-14-13-12(16-11(2)17-14)6-8-18(13)9-10-19-3/h6,8H,4-5,7,9-10H2,1-3H3,(H,15,16,17). The van der Waals surface area contributed by atoms with E-state index in [-0.39, 0.29) is 0 Å². The number of ether oxygens (including phenoxy) is 1. The Hall–Kier alpha value is -1.62. The molecule has 0 aromatic carbocycles. The first kappa shape index (κ1) is 13.8. The van der Waals surface area contributed by atoms with Gasteiger partial charge in [0.15, 0.2) is 5.82 Å². The van der Waals surface area contributed by atoms with Gasteiger partial charge in [-0.05, 0) is 19.4 Å². The molecule has 0 saturated carbocycles. The van der Waals surface area contributed by atoms with Gasteiger partial charge in [0.2, 0.25) is 0 Å². The quantitative estimate of drug-likeness (QED) is 0.779. The zero-order chi connectivity index (χ0) is 13.7. The van der Waals surface area contributed by atoms with Crippen LogP contribution in [0.2, 0.25) is 0 Å². The summed E-state index contributed by atoms with van der Waals surface area (Å²) in [5, 5.41) is 3.42. The largest absolute Gasteiger partial charge is 0.383 e. The summed E-state index contributed by atoms with van der Waals surface area (Å²) >= 11 is 0. The molecule has 5 nitrogen and oxygen atoms in total. The predicted molar refractivity (Wildman–Crippen MR) is 77.5 cm³/mol. The Kier molecular flexibility index (Phi) is 4.74. The highest BCUT2D eigenvalue weighted by Gasteiger charge is 2.10. The number of hydrogen-bond acceptors (Lipinski definition) is 4. The van der Waals surface area contributed by atoms with E-state index in [9.17, 15) is 0 Å². The third-order valence-corrected chi connectivity index (χ3v) is 3.08. The number of hydrogen-bond donors (Lipinski definition) is 1. The summed E-state index contributed by atoms with van der Waals surface area (Å²) in [5.41, 5.74) is 2.06. The van der Waals surface area contributed by atoms with Crippen LogP contribution in [0.5, 0.6) is 0 Å². The van der Waals surface area contributed by atoms with E-state index in [0.29, 0.717) is 6.61 Å². The van der Waals surface area contributed by atoms with Gasteiger partial charge >= 0.3 is 0 Å². The van der Waals surface area contributed by atoms with E-state index in [2.05, 4.69) is 26.8 Å². The third-order valence-electron chi connectivity index (χ3n) is 3.08. The monoisotopic (exact) mass is 262 g/mol. The number of nitrogens with zero attached hydrogens (tertiary/aromatic N) is 3. The molecule has 0 amide bonds. The lowest BCUT2D eigenvalue weighted by Gasteiger charge is -2.11. The van der Waals surface area contributed by atoms with E-state index >= 15 is 0 Å². The Morgan fingerprint density at radius 1 is 1.37 bits per heavy atom. The molecule has 0 aliphatic carbocycles. The topological polar surface area (TPSA) is 52.0 Å². The van der Waals surface area contributed by atoms with Crippen LogP contribution in [0.3, 0.4) is 0 Å². The Bertz CT molecular complexity index is 535. The molecule has 0 saturated heterocycles. The second kappa shape index (κ2) is 6.52. The minimum Gasteiger partial charge on any atom is -0.383 e. The molecule has 5 heteroatoms. The highest BCUT2D eigenvalue weighted by Crippen LogP contribution is 2.21. The van der Waals surface area contributed by atoms with E-state index in [1.807, 2.05) is 19.2 Å². The van der Waals surface area contributed by atoms with E-state index in [4.69, 9.17) is 4.74 Å². The normalized spacial score (nSPS) is 11.1. The van der Waals surface area contributed by atoms with E-state index in [0.717, 1.165) is 42.2 Å². The zero-order valence-electron chi connectivity index (χ0n) is 11.9. The van der Waals surface area contributed by atoms with Crippen molar-refractivity contribution in [1.82, 2.24) is 14.5 Å². The van der Waals surface area contributed by atoms with Gasteiger partial charge in [-0.3, -0.25) is 0 Å². The lowest BCUT2D eigenvalue weighted by molar-refractivity contribution is 0.188. The number of unbranched alkanes of at least 4 members (excludes halogenated alkanes) is 1. The molecule has 2 rings (SSSR count). The minimum absolute atomic E-state index is 0.687. The second-order valence-electron chi connectivity index (χ2n) is 4.64. The van der Waals surface area contributed by atoms with Crippen molar-refractivity contribution in [2.75, 3.05) is 25.6 Å². The molecule has 0 aliphatic heterocycles. The number of fused-ring (bicyclic) bond motifs is 1. The van der Waals surface area contributed by atoms with Gasteiger partial charge in [0.25, 0.3) is 0 Å². The smallest absolute Gasteiger partial charge is 0.154 e.